The van der Waals surface area contributed by atoms with Crippen LogP contribution in [0.25, 0.3) is 10.8 Å². The number of likely N-dealkylation sites (N-methyl/N-ethyl adjacent to an activating group) is 1. The first-order valence-corrected chi connectivity index (χ1v) is 15.1. The van der Waals surface area contributed by atoms with Gasteiger partial charge in [-0.05, 0) is 68.4 Å². The molecule has 0 saturated carbocycles. The zero-order valence-electron chi connectivity index (χ0n) is 24.4. The number of anilines is 1. The number of nitrogens with zero attached hydrogens (tertiary/aromatic N) is 5. The monoisotopic (exact) mass is 592 g/mol. The zero-order valence-corrected chi connectivity index (χ0v) is 24.4. The highest BCUT2D eigenvalue weighted by Crippen LogP contribution is 2.40. The van der Waals surface area contributed by atoms with Crippen molar-refractivity contribution < 1.29 is 23.7 Å². The number of terminal acetylenes is 1. The lowest BCUT2D eigenvalue weighted by Gasteiger charge is -2.31. The van der Waals surface area contributed by atoms with E-state index in [0.717, 1.165) is 45.2 Å². The smallest absolute Gasteiger partial charge is 0.321 e. The molecule has 0 spiro atoms. The molecule has 11 heteroatoms. The number of nitrogens with one attached hydrogen (secondary N) is 1. The average Bonchev–Trinajstić information content (AvgIpc) is 3.39. The van der Waals surface area contributed by atoms with Crippen LogP contribution in [0.1, 0.15) is 61.6 Å². The highest BCUT2D eigenvalue weighted by molar-refractivity contribution is 5.92. The van der Waals surface area contributed by atoms with Crippen LogP contribution in [-0.2, 0) is 6.42 Å². The summed E-state index contributed by atoms with van der Waals surface area (Å²) in [6.07, 6.45) is 8.84. The van der Waals surface area contributed by atoms with Gasteiger partial charge in [-0.2, -0.15) is 15.0 Å². The lowest BCUT2D eigenvalue weighted by atomic mass is 9.94. The van der Waals surface area contributed by atoms with Crippen molar-refractivity contribution in [2.75, 3.05) is 44.7 Å². The lowest BCUT2D eigenvalue weighted by molar-refractivity contribution is 0.106. The fourth-order valence-corrected chi connectivity index (χ4v) is 7.03. The number of rotatable bonds is 8. The Bertz CT molecular complexity index is 1530. The Kier molecular flexibility index (Phi) is 8.36. The van der Waals surface area contributed by atoms with E-state index in [9.17, 15) is 19.0 Å². The molecule has 3 N–H and O–H groups in total. The van der Waals surface area contributed by atoms with Crippen molar-refractivity contribution >= 4 is 16.7 Å². The normalized spacial score (nSPS) is 25.0. The molecule has 9 nitrogen and oxygen atoms in total. The summed E-state index contributed by atoms with van der Waals surface area (Å²) in [6, 6.07) is 6.02. The van der Waals surface area contributed by atoms with Gasteiger partial charge >= 0.3 is 6.01 Å². The number of fused-ring (bicyclic) bond motifs is 2. The molecule has 2 aromatic carbocycles. The van der Waals surface area contributed by atoms with Crippen molar-refractivity contribution in [3.8, 4) is 24.1 Å². The summed E-state index contributed by atoms with van der Waals surface area (Å²) in [6.45, 7) is 2.99. The van der Waals surface area contributed by atoms with Crippen molar-refractivity contribution in [1.82, 2.24) is 25.2 Å². The minimum absolute atomic E-state index is 0.0117. The second-order valence-corrected chi connectivity index (χ2v) is 12.0. The van der Waals surface area contributed by atoms with Gasteiger partial charge in [-0.3, -0.25) is 4.90 Å². The maximum Gasteiger partial charge on any atom is 0.321 e. The van der Waals surface area contributed by atoms with Gasteiger partial charge in [0.15, 0.2) is 0 Å². The molecule has 0 radical (unpaired) electrons. The van der Waals surface area contributed by atoms with Gasteiger partial charge in [0.1, 0.15) is 30.2 Å². The Morgan fingerprint density at radius 1 is 1.19 bits per heavy atom. The lowest BCUT2D eigenvalue weighted by Crippen LogP contribution is -2.43. The second-order valence-electron chi connectivity index (χ2n) is 12.0. The fraction of sp³-hybridized carbons (Fsp3) is 0.531. The molecule has 0 aliphatic carbocycles. The molecule has 2 unspecified atom stereocenters. The molecule has 3 fully saturated rings. The van der Waals surface area contributed by atoms with Crippen LogP contribution >= 0.6 is 0 Å². The topological polar surface area (TPSA) is 107 Å². The Hall–Kier alpha value is -3.59. The standard InChI is InChI=1S/C32H38F2N6O3/c1-3-24-26(34)9-8-20-13-23(41)14-25(29(20)24)27(42)15-28-36-30(39-11-5-4-7-22(18-39)35-2)38-31(37-28)43-19-32-10-6-12-40(32)17-21(33)16-32/h1,8-9,13-14,21-22,27,35,41-42H,4-7,10-12,15-19H2,2H3/t21?,22-,27?,32+/m1/s1. The van der Waals surface area contributed by atoms with E-state index >= 15 is 0 Å². The summed E-state index contributed by atoms with van der Waals surface area (Å²) in [5.74, 6) is 2.44. The van der Waals surface area contributed by atoms with E-state index in [-0.39, 0.29) is 53.3 Å². The van der Waals surface area contributed by atoms with Gasteiger partial charge in [-0.15, -0.1) is 6.42 Å². The number of aliphatic hydroxyl groups excluding tert-OH is 1. The summed E-state index contributed by atoms with van der Waals surface area (Å²) >= 11 is 0. The molecule has 0 amide bonds. The summed E-state index contributed by atoms with van der Waals surface area (Å²) in [5, 5.41) is 26.1. The molecule has 43 heavy (non-hydrogen) atoms. The quantitative estimate of drug-likeness (QED) is 0.338. The van der Waals surface area contributed by atoms with E-state index < -0.39 is 18.1 Å². The first-order chi connectivity index (χ1) is 20.8. The van der Waals surface area contributed by atoms with E-state index in [1.807, 2.05) is 7.05 Å². The van der Waals surface area contributed by atoms with Crippen LogP contribution in [0.3, 0.4) is 0 Å². The van der Waals surface area contributed by atoms with Crippen LogP contribution in [0.15, 0.2) is 24.3 Å². The first kappa shape index (κ1) is 29.5. The third kappa shape index (κ3) is 5.96. The molecule has 6 rings (SSSR count). The maximum absolute atomic E-state index is 14.7. The number of phenols is 1. The van der Waals surface area contributed by atoms with Crippen LogP contribution in [0.2, 0.25) is 0 Å². The SMILES string of the molecule is C#Cc1c(F)ccc2cc(O)cc(C(O)Cc3nc(OC[C@@]45CCCN4CC(F)C5)nc(N4CCCC[C@@H](NC)C4)n3)c12. The molecule has 1 aromatic heterocycles. The van der Waals surface area contributed by atoms with Gasteiger partial charge < -0.3 is 25.2 Å². The van der Waals surface area contributed by atoms with Crippen molar-refractivity contribution in [3.63, 3.8) is 0 Å². The van der Waals surface area contributed by atoms with E-state index in [1.54, 1.807) is 0 Å². The molecular formula is C32H38F2N6O3. The first-order valence-electron chi connectivity index (χ1n) is 15.1. The summed E-state index contributed by atoms with van der Waals surface area (Å²) < 4.78 is 35.3. The van der Waals surface area contributed by atoms with Crippen molar-refractivity contribution in [1.29, 1.82) is 0 Å². The summed E-state index contributed by atoms with van der Waals surface area (Å²) in [4.78, 5) is 18.3. The van der Waals surface area contributed by atoms with Gasteiger partial charge in [0.25, 0.3) is 0 Å². The number of alkyl halides is 1. The number of halogens is 2. The minimum atomic E-state index is -1.22. The predicted octanol–water partition coefficient (Wildman–Crippen LogP) is 3.66. The number of benzene rings is 2. The molecule has 4 atom stereocenters. The van der Waals surface area contributed by atoms with Gasteiger partial charge in [-0.1, -0.05) is 18.4 Å². The third-order valence-corrected chi connectivity index (χ3v) is 9.20. The molecule has 0 bridgehead atoms. The highest BCUT2D eigenvalue weighted by atomic mass is 19.1. The van der Waals surface area contributed by atoms with Gasteiger partial charge in [0, 0.05) is 43.9 Å². The van der Waals surface area contributed by atoms with Gasteiger partial charge in [0.05, 0.1) is 17.2 Å². The number of aliphatic hydroxyl groups is 1. The molecular weight excluding hydrogens is 554 g/mol. The Morgan fingerprint density at radius 3 is 2.86 bits per heavy atom. The van der Waals surface area contributed by atoms with Crippen LogP contribution < -0.4 is 15.0 Å². The molecule has 3 aliphatic heterocycles. The molecule has 3 saturated heterocycles. The highest BCUT2D eigenvalue weighted by Gasteiger charge is 2.49. The molecule has 228 valence electrons. The fourth-order valence-electron chi connectivity index (χ4n) is 7.03. The van der Waals surface area contributed by atoms with Gasteiger partial charge in [-0.25, -0.2) is 8.78 Å². The van der Waals surface area contributed by atoms with E-state index in [2.05, 4.69) is 31.0 Å². The Morgan fingerprint density at radius 2 is 2.05 bits per heavy atom. The second kappa shape index (κ2) is 12.2. The Labute approximate surface area is 250 Å². The minimum Gasteiger partial charge on any atom is -0.508 e. The van der Waals surface area contributed by atoms with Crippen molar-refractivity contribution in [3.05, 3.63) is 47.0 Å². The summed E-state index contributed by atoms with van der Waals surface area (Å²) in [5.41, 5.74) is -0.0861. The maximum atomic E-state index is 14.7. The number of aromatic nitrogens is 3. The largest absolute Gasteiger partial charge is 0.508 e. The van der Waals surface area contributed by atoms with Crippen molar-refractivity contribution in [2.45, 2.75) is 68.8 Å². The molecule has 3 aliphatic rings. The van der Waals surface area contributed by atoms with E-state index in [0.29, 0.717) is 36.2 Å². The number of ether oxygens (including phenoxy) is 1. The number of hydrogen-bond donors (Lipinski definition) is 3. The number of hydrogen-bond acceptors (Lipinski definition) is 9. The molecule has 4 heterocycles. The van der Waals surface area contributed by atoms with Crippen LogP contribution in [0.5, 0.6) is 11.8 Å². The molecule has 3 aromatic rings. The zero-order chi connectivity index (χ0) is 30.1. The van der Waals surface area contributed by atoms with E-state index in [4.69, 9.17) is 16.1 Å². The number of phenolic OH excluding ortho intramolecular Hbond substituents is 1. The van der Waals surface area contributed by atoms with Crippen LogP contribution in [0, 0.1) is 18.2 Å². The van der Waals surface area contributed by atoms with E-state index in [1.165, 1.54) is 24.3 Å². The number of aromatic hydroxyl groups is 1. The van der Waals surface area contributed by atoms with Gasteiger partial charge in [0.2, 0.25) is 5.95 Å². The predicted molar refractivity (Wildman–Crippen MR) is 159 cm³/mol. The van der Waals surface area contributed by atoms with Crippen molar-refractivity contribution in [2.24, 2.45) is 0 Å². The van der Waals surface area contributed by atoms with Crippen LogP contribution in [-0.4, -0.2) is 87.7 Å². The van der Waals surface area contributed by atoms with Crippen LogP contribution in [0.4, 0.5) is 14.7 Å². The third-order valence-electron chi connectivity index (χ3n) is 9.20. The average molecular weight is 593 g/mol. The Balaban J connectivity index is 1.34. The summed E-state index contributed by atoms with van der Waals surface area (Å²) in [7, 11) is 1.94.